The fraction of sp³-hybridized carbons (Fsp3) is 0.818. The zero-order chi connectivity index (χ0) is 12.8. The average molecular weight is 244 g/mol. The normalized spacial score (nSPS) is 26.2. The van der Waals surface area contributed by atoms with Gasteiger partial charge in [0.1, 0.15) is 6.04 Å². The van der Waals surface area contributed by atoms with Crippen molar-refractivity contribution in [2.75, 3.05) is 13.2 Å². The fourth-order valence-electron chi connectivity index (χ4n) is 2.30. The van der Waals surface area contributed by atoms with Gasteiger partial charge in [-0.2, -0.15) is 0 Å². The Balaban J connectivity index is 2.58. The number of nitrogens with two attached hydrogens (primary N) is 1. The van der Waals surface area contributed by atoms with Gasteiger partial charge >= 0.3 is 5.97 Å². The van der Waals surface area contributed by atoms with Gasteiger partial charge in [-0.15, -0.1) is 0 Å². The first-order valence-corrected chi connectivity index (χ1v) is 5.94. The molecule has 0 aromatic heterocycles. The van der Waals surface area contributed by atoms with E-state index in [-0.39, 0.29) is 17.7 Å². The Hall–Kier alpha value is -1.14. The third-order valence-corrected chi connectivity index (χ3v) is 3.35. The molecule has 0 aromatic carbocycles. The summed E-state index contributed by atoms with van der Waals surface area (Å²) < 4.78 is 0. The van der Waals surface area contributed by atoms with Crippen LogP contribution in [0.15, 0.2) is 0 Å². The van der Waals surface area contributed by atoms with Crippen LogP contribution in [0.3, 0.4) is 0 Å². The van der Waals surface area contributed by atoms with Gasteiger partial charge in [-0.3, -0.25) is 4.79 Å². The predicted octanol–water partition coefficient (Wildman–Crippen LogP) is -0.687. The van der Waals surface area contributed by atoms with Gasteiger partial charge in [-0.25, -0.2) is 4.79 Å². The minimum Gasteiger partial charge on any atom is -0.480 e. The maximum atomic E-state index is 11.9. The first-order valence-electron chi connectivity index (χ1n) is 5.94. The van der Waals surface area contributed by atoms with Crippen LogP contribution < -0.4 is 11.1 Å². The molecule has 5 N–H and O–H groups in total. The Kier molecular flexibility index (Phi) is 5.37. The summed E-state index contributed by atoms with van der Waals surface area (Å²) in [4.78, 5) is 22.6. The van der Waals surface area contributed by atoms with Crippen molar-refractivity contribution < 1.29 is 19.8 Å². The lowest BCUT2D eigenvalue weighted by molar-refractivity contribution is -0.144. The molecule has 1 saturated carbocycles. The van der Waals surface area contributed by atoms with E-state index >= 15 is 0 Å². The molecule has 0 saturated heterocycles. The molecule has 1 rings (SSSR count). The number of hydrogen-bond acceptors (Lipinski definition) is 4. The van der Waals surface area contributed by atoms with Crippen molar-refractivity contribution in [3.8, 4) is 0 Å². The lowest BCUT2D eigenvalue weighted by Crippen LogP contribution is -2.48. The van der Waals surface area contributed by atoms with E-state index in [0.717, 1.165) is 25.7 Å². The molecule has 17 heavy (non-hydrogen) atoms. The highest BCUT2D eigenvalue weighted by Gasteiger charge is 2.32. The van der Waals surface area contributed by atoms with E-state index in [9.17, 15) is 9.59 Å². The minimum absolute atomic E-state index is 0.122. The first-order chi connectivity index (χ1) is 8.10. The molecule has 0 spiro atoms. The molecule has 0 aliphatic heterocycles. The van der Waals surface area contributed by atoms with Gasteiger partial charge in [-0.1, -0.05) is 12.8 Å². The maximum Gasteiger partial charge on any atom is 0.328 e. The maximum absolute atomic E-state index is 11.9. The summed E-state index contributed by atoms with van der Waals surface area (Å²) in [6, 6.07) is -1.22. The number of hydrogen-bond donors (Lipinski definition) is 4. The van der Waals surface area contributed by atoms with Gasteiger partial charge in [-0.05, 0) is 25.3 Å². The standard InChI is InChI=1S/C11H20N2O4/c12-5-7-3-1-2-4-8(7)10(15)13-9(6-14)11(16)17/h7-9,14H,1-6,12H2,(H,13,15)(H,16,17). The van der Waals surface area contributed by atoms with Gasteiger partial charge in [0.05, 0.1) is 6.61 Å². The molecule has 0 radical (unpaired) electrons. The van der Waals surface area contributed by atoms with Crippen molar-refractivity contribution in [3.05, 3.63) is 0 Å². The fourth-order valence-corrected chi connectivity index (χ4v) is 2.30. The lowest BCUT2D eigenvalue weighted by atomic mass is 9.78. The van der Waals surface area contributed by atoms with Crippen LogP contribution in [0.5, 0.6) is 0 Å². The summed E-state index contributed by atoms with van der Waals surface area (Å²) in [7, 11) is 0. The number of aliphatic hydroxyl groups excluding tert-OH is 1. The van der Waals surface area contributed by atoms with Crippen LogP contribution in [-0.2, 0) is 9.59 Å². The lowest BCUT2D eigenvalue weighted by Gasteiger charge is -2.30. The number of aliphatic carboxylic acids is 1. The smallest absolute Gasteiger partial charge is 0.328 e. The van der Waals surface area contributed by atoms with Crippen LogP contribution >= 0.6 is 0 Å². The van der Waals surface area contributed by atoms with Crippen LogP contribution in [0.1, 0.15) is 25.7 Å². The van der Waals surface area contributed by atoms with E-state index in [1.165, 1.54) is 0 Å². The van der Waals surface area contributed by atoms with Crippen molar-refractivity contribution in [1.29, 1.82) is 0 Å². The van der Waals surface area contributed by atoms with Gasteiger partial charge in [0, 0.05) is 5.92 Å². The second-order valence-corrected chi connectivity index (χ2v) is 4.47. The zero-order valence-corrected chi connectivity index (χ0v) is 9.76. The van der Waals surface area contributed by atoms with E-state index in [1.54, 1.807) is 0 Å². The highest BCUT2D eigenvalue weighted by Crippen LogP contribution is 2.29. The third-order valence-electron chi connectivity index (χ3n) is 3.35. The number of rotatable bonds is 5. The van der Waals surface area contributed by atoms with Gasteiger partial charge < -0.3 is 21.3 Å². The van der Waals surface area contributed by atoms with Crippen LogP contribution in [0.2, 0.25) is 0 Å². The second-order valence-electron chi connectivity index (χ2n) is 4.47. The quantitative estimate of drug-likeness (QED) is 0.511. The molecule has 1 fully saturated rings. The summed E-state index contributed by atoms with van der Waals surface area (Å²) in [6.07, 6.45) is 3.68. The van der Waals surface area contributed by atoms with Crippen LogP contribution in [0.25, 0.3) is 0 Å². The molecule has 0 heterocycles. The van der Waals surface area contributed by atoms with Crippen molar-refractivity contribution in [3.63, 3.8) is 0 Å². The first kappa shape index (κ1) is 13.9. The Morgan fingerprint density at radius 1 is 1.35 bits per heavy atom. The summed E-state index contributed by atoms with van der Waals surface area (Å²) in [6.45, 7) is -0.157. The SMILES string of the molecule is NCC1CCCCC1C(=O)NC(CO)C(=O)O. The van der Waals surface area contributed by atoms with E-state index < -0.39 is 18.6 Å². The molecule has 1 aliphatic carbocycles. The molecule has 1 aliphatic rings. The number of carboxylic acid groups (broad SMARTS) is 1. The number of carbonyl (C=O) groups excluding carboxylic acids is 1. The molecular formula is C11H20N2O4. The topological polar surface area (TPSA) is 113 Å². The largest absolute Gasteiger partial charge is 0.480 e. The monoisotopic (exact) mass is 244 g/mol. The summed E-state index contributed by atoms with van der Waals surface area (Å²) in [5.41, 5.74) is 5.61. The number of carboxylic acids is 1. The van der Waals surface area contributed by atoms with Crippen LogP contribution in [-0.4, -0.2) is 41.3 Å². The Labute approximate surface area is 100 Å². The summed E-state index contributed by atoms with van der Waals surface area (Å²) in [5.74, 6) is -1.62. The molecule has 1 amide bonds. The number of nitrogens with one attached hydrogen (secondary N) is 1. The molecular weight excluding hydrogens is 224 g/mol. The van der Waals surface area contributed by atoms with Gasteiger partial charge in [0.15, 0.2) is 0 Å². The Morgan fingerprint density at radius 2 is 2.00 bits per heavy atom. The molecule has 6 heteroatoms. The van der Waals surface area contributed by atoms with E-state index in [1.807, 2.05) is 0 Å². The van der Waals surface area contributed by atoms with E-state index in [2.05, 4.69) is 5.32 Å². The van der Waals surface area contributed by atoms with Gasteiger partial charge in [0.25, 0.3) is 0 Å². The van der Waals surface area contributed by atoms with E-state index in [0.29, 0.717) is 6.54 Å². The molecule has 3 atom stereocenters. The van der Waals surface area contributed by atoms with Crippen molar-refractivity contribution >= 4 is 11.9 Å². The van der Waals surface area contributed by atoms with Crippen LogP contribution in [0.4, 0.5) is 0 Å². The second kappa shape index (κ2) is 6.56. The average Bonchev–Trinajstić information content (AvgIpc) is 2.35. The zero-order valence-electron chi connectivity index (χ0n) is 9.76. The molecule has 0 bridgehead atoms. The molecule has 3 unspecified atom stereocenters. The predicted molar refractivity (Wildman–Crippen MR) is 61.2 cm³/mol. The molecule has 6 nitrogen and oxygen atoms in total. The summed E-state index contributed by atoms with van der Waals surface area (Å²) >= 11 is 0. The number of amides is 1. The molecule has 0 aromatic rings. The van der Waals surface area contributed by atoms with Crippen molar-refractivity contribution in [2.24, 2.45) is 17.6 Å². The van der Waals surface area contributed by atoms with E-state index in [4.69, 9.17) is 15.9 Å². The highest BCUT2D eigenvalue weighted by atomic mass is 16.4. The summed E-state index contributed by atoms with van der Waals surface area (Å²) in [5, 5.41) is 19.9. The number of aliphatic hydroxyl groups is 1. The highest BCUT2D eigenvalue weighted by molar-refractivity contribution is 5.85. The molecule has 98 valence electrons. The van der Waals surface area contributed by atoms with Crippen LogP contribution in [0, 0.1) is 11.8 Å². The Bertz CT molecular complexity index is 283. The number of carbonyl (C=O) groups is 2. The van der Waals surface area contributed by atoms with Gasteiger partial charge in [0.2, 0.25) is 5.91 Å². The van der Waals surface area contributed by atoms with Crippen molar-refractivity contribution in [1.82, 2.24) is 5.32 Å². The Morgan fingerprint density at radius 3 is 2.53 bits per heavy atom. The third kappa shape index (κ3) is 3.67. The minimum atomic E-state index is -1.22. The van der Waals surface area contributed by atoms with Crippen molar-refractivity contribution in [2.45, 2.75) is 31.7 Å².